The first-order chi connectivity index (χ1) is 10.0. The van der Waals surface area contributed by atoms with Crippen LogP contribution in [0.1, 0.15) is 17.2 Å². The molecule has 2 atom stereocenters. The first kappa shape index (κ1) is 15.8. The SMILES string of the molecule is COc1cc([C@@H](N)[C@@H](O)Cc2ccccc2)cc(Br)c1O. The van der Waals surface area contributed by atoms with Crippen molar-refractivity contribution >= 4 is 15.9 Å². The van der Waals surface area contributed by atoms with Gasteiger partial charge < -0.3 is 20.7 Å². The van der Waals surface area contributed by atoms with E-state index in [-0.39, 0.29) is 5.75 Å². The second-order valence-electron chi connectivity index (χ2n) is 4.84. The van der Waals surface area contributed by atoms with Crippen LogP contribution in [0.25, 0.3) is 0 Å². The second kappa shape index (κ2) is 6.93. The Labute approximate surface area is 132 Å². The Morgan fingerprint density at radius 1 is 1.24 bits per heavy atom. The number of rotatable bonds is 5. The van der Waals surface area contributed by atoms with Gasteiger partial charge in [-0.2, -0.15) is 0 Å². The van der Waals surface area contributed by atoms with E-state index in [1.165, 1.54) is 7.11 Å². The topological polar surface area (TPSA) is 75.7 Å². The van der Waals surface area contributed by atoms with Crippen LogP contribution < -0.4 is 10.5 Å². The first-order valence-electron chi connectivity index (χ1n) is 6.57. The van der Waals surface area contributed by atoms with Gasteiger partial charge in [0.1, 0.15) is 0 Å². The lowest BCUT2D eigenvalue weighted by molar-refractivity contribution is 0.145. The molecule has 0 amide bonds. The Morgan fingerprint density at radius 3 is 2.52 bits per heavy atom. The lowest BCUT2D eigenvalue weighted by atomic mass is 9.96. The normalized spacial score (nSPS) is 13.7. The molecule has 0 aliphatic carbocycles. The molecule has 4 N–H and O–H groups in total. The van der Waals surface area contributed by atoms with Crippen LogP contribution in [0.15, 0.2) is 46.9 Å². The lowest BCUT2D eigenvalue weighted by Crippen LogP contribution is -2.28. The maximum Gasteiger partial charge on any atom is 0.172 e. The van der Waals surface area contributed by atoms with E-state index in [0.29, 0.717) is 22.2 Å². The van der Waals surface area contributed by atoms with Crippen molar-refractivity contribution in [3.05, 3.63) is 58.1 Å². The Kier molecular flexibility index (Phi) is 5.22. The summed E-state index contributed by atoms with van der Waals surface area (Å²) in [6, 6.07) is 12.4. The number of aliphatic hydroxyl groups is 1. The fourth-order valence-electron chi connectivity index (χ4n) is 2.15. The van der Waals surface area contributed by atoms with Gasteiger partial charge in [-0.15, -0.1) is 0 Å². The van der Waals surface area contributed by atoms with Gasteiger partial charge >= 0.3 is 0 Å². The zero-order valence-corrected chi connectivity index (χ0v) is 13.2. The number of aromatic hydroxyl groups is 1. The minimum absolute atomic E-state index is 0.0194. The van der Waals surface area contributed by atoms with Gasteiger partial charge in [-0.05, 0) is 39.2 Å². The third kappa shape index (κ3) is 3.75. The fourth-order valence-corrected chi connectivity index (χ4v) is 2.61. The first-order valence-corrected chi connectivity index (χ1v) is 7.36. The molecular formula is C16H18BrNO3. The van der Waals surface area contributed by atoms with Gasteiger partial charge in [-0.1, -0.05) is 30.3 Å². The Bertz CT molecular complexity index is 604. The van der Waals surface area contributed by atoms with Crippen molar-refractivity contribution in [1.82, 2.24) is 0 Å². The van der Waals surface area contributed by atoms with Gasteiger partial charge in [0.25, 0.3) is 0 Å². The van der Waals surface area contributed by atoms with E-state index in [0.717, 1.165) is 5.56 Å². The highest BCUT2D eigenvalue weighted by Gasteiger charge is 2.20. The van der Waals surface area contributed by atoms with Gasteiger partial charge in [-0.3, -0.25) is 0 Å². The van der Waals surface area contributed by atoms with Gasteiger partial charge in [0.2, 0.25) is 0 Å². The lowest BCUT2D eigenvalue weighted by Gasteiger charge is -2.20. The van der Waals surface area contributed by atoms with Crippen LogP contribution in [0.5, 0.6) is 11.5 Å². The number of phenolic OH excluding ortho intramolecular Hbond substituents is 1. The van der Waals surface area contributed by atoms with Crippen LogP contribution in [0.3, 0.4) is 0 Å². The molecule has 4 nitrogen and oxygen atoms in total. The molecule has 0 spiro atoms. The number of hydrogen-bond donors (Lipinski definition) is 3. The van der Waals surface area contributed by atoms with E-state index in [4.69, 9.17) is 10.5 Å². The maximum absolute atomic E-state index is 10.3. The van der Waals surface area contributed by atoms with E-state index in [1.54, 1.807) is 12.1 Å². The molecule has 0 bridgehead atoms. The molecule has 0 saturated carbocycles. The minimum Gasteiger partial charge on any atom is -0.503 e. The number of phenols is 1. The predicted molar refractivity (Wildman–Crippen MR) is 85.4 cm³/mol. The van der Waals surface area contributed by atoms with Crippen LogP contribution in [-0.2, 0) is 6.42 Å². The number of halogens is 1. The zero-order chi connectivity index (χ0) is 15.4. The van der Waals surface area contributed by atoms with Crippen LogP contribution in [-0.4, -0.2) is 23.4 Å². The third-order valence-electron chi connectivity index (χ3n) is 3.36. The standard InChI is InChI=1S/C16H18BrNO3/c1-21-14-9-11(8-12(17)16(14)20)15(18)13(19)7-10-5-3-2-4-6-10/h2-6,8-9,13,15,19-20H,7,18H2,1H3/t13-,15+/m0/s1. The average Bonchev–Trinajstić information content (AvgIpc) is 2.50. The molecule has 0 fully saturated rings. The molecule has 0 radical (unpaired) electrons. The summed E-state index contributed by atoms with van der Waals surface area (Å²) in [5.41, 5.74) is 7.83. The number of ether oxygens (including phenoxy) is 1. The van der Waals surface area contributed by atoms with Crippen LogP contribution >= 0.6 is 15.9 Å². The summed E-state index contributed by atoms with van der Waals surface area (Å²) in [7, 11) is 1.47. The molecule has 0 unspecified atom stereocenters. The molecule has 0 aliphatic rings. The van der Waals surface area contributed by atoms with Gasteiger partial charge in [0, 0.05) is 6.42 Å². The third-order valence-corrected chi connectivity index (χ3v) is 3.96. The predicted octanol–water partition coefficient (Wildman–Crippen LogP) is 2.77. The molecule has 112 valence electrons. The van der Waals surface area contributed by atoms with Crippen LogP contribution in [0, 0.1) is 0 Å². The van der Waals surface area contributed by atoms with Crippen molar-refractivity contribution in [3.8, 4) is 11.5 Å². The number of nitrogens with two attached hydrogens (primary N) is 1. The average molecular weight is 352 g/mol. The maximum atomic E-state index is 10.3. The summed E-state index contributed by atoms with van der Waals surface area (Å²) in [5.74, 6) is 0.340. The van der Waals surface area contributed by atoms with E-state index in [9.17, 15) is 10.2 Å². The van der Waals surface area contributed by atoms with Crippen LogP contribution in [0.2, 0.25) is 0 Å². The molecule has 2 rings (SSSR count). The molecule has 21 heavy (non-hydrogen) atoms. The summed E-state index contributed by atoms with van der Waals surface area (Å²) in [5, 5.41) is 20.1. The van der Waals surface area contributed by atoms with Gasteiger partial charge in [0.05, 0.1) is 23.7 Å². The molecule has 2 aromatic carbocycles. The van der Waals surface area contributed by atoms with Crippen molar-refractivity contribution < 1.29 is 14.9 Å². The molecular weight excluding hydrogens is 334 g/mol. The summed E-state index contributed by atoms with van der Waals surface area (Å²) >= 11 is 3.25. The second-order valence-corrected chi connectivity index (χ2v) is 5.69. The monoisotopic (exact) mass is 351 g/mol. The van der Waals surface area contributed by atoms with Crippen molar-refractivity contribution in [2.75, 3.05) is 7.11 Å². The number of hydrogen-bond acceptors (Lipinski definition) is 4. The number of benzene rings is 2. The summed E-state index contributed by atoms with van der Waals surface area (Å²) < 4.78 is 5.58. The molecule has 0 aliphatic heterocycles. The van der Waals surface area contributed by atoms with Crippen molar-refractivity contribution in [2.24, 2.45) is 5.73 Å². The molecule has 2 aromatic rings. The quantitative estimate of drug-likeness (QED) is 0.774. The van der Waals surface area contributed by atoms with E-state index >= 15 is 0 Å². The van der Waals surface area contributed by atoms with Crippen LogP contribution in [0.4, 0.5) is 0 Å². The highest BCUT2D eigenvalue weighted by molar-refractivity contribution is 9.10. The van der Waals surface area contributed by atoms with E-state index in [2.05, 4.69) is 15.9 Å². The zero-order valence-electron chi connectivity index (χ0n) is 11.7. The molecule has 5 heteroatoms. The van der Waals surface area contributed by atoms with Crippen molar-refractivity contribution in [2.45, 2.75) is 18.6 Å². The van der Waals surface area contributed by atoms with Gasteiger partial charge in [-0.25, -0.2) is 0 Å². The van der Waals surface area contributed by atoms with E-state index in [1.807, 2.05) is 30.3 Å². The Hall–Kier alpha value is -1.56. The molecule has 0 aromatic heterocycles. The van der Waals surface area contributed by atoms with Crippen molar-refractivity contribution in [1.29, 1.82) is 0 Å². The van der Waals surface area contributed by atoms with Crippen molar-refractivity contribution in [3.63, 3.8) is 0 Å². The fraction of sp³-hybridized carbons (Fsp3) is 0.250. The minimum atomic E-state index is -0.728. The molecule has 0 heterocycles. The summed E-state index contributed by atoms with van der Waals surface area (Å²) in [6.07, 6.45) is -0.267. The number of aliphatic hydroxyl groups excluding tert-OH is 1. The Balaban J connectivity index is 2.19. The van der Waals surface area contributed by atoms with Gasteiger partial charge in [0.15, 0.2) is 11.5 Å². The molecule has 0 saturated heterocycles. The Morgan fingerprint density at radius 2 is 1.90 bits per heavy atom. The summed E-state index contributed by atoms with van der Waals surface area (Å²) in [6.45, 7) is 0. The van der Waals surface area contributed by atoms with E-state index < -0.39 is 12.1 Å². The highest BCUT2D eigenvalue weighted by Crippen LogP contribution is 2.37. The number of methoxy groups -OCH3 is 1. The largest absolute Gasteiger partial charge is 0.503 e. The highest BCUT2D eigenvalue weighted by atomic mass is 79.9. The smallest absolute Gasteiger partial charge is 0.172 e. The summed E-state index contributed by atoms with van der Waals surface area (Å²) in [4.78, 5) is 0.